The molecule has 0 aliphatic carbocycles. The molecule has 1 aromatic rings. The SMILES string of the molecule is COC(=O)C1=C(C)N2CC(O)CSC2=C(C#N)C1c1ccccc1. The molecule has 2 aliphatic heterocycles. The predicted octanol–water partition coefficient (Wildman–Crippen LogP) is 2.38. The minimum Gasteiger partial charge on any atom is -0.466 e. The molecule has 1 N–H and O–H groups in total. The summed E-state index contributed by atoms with van der Waals surface area (Å²) in [6.07, 6.45) is -0.499. The second-order valence-corrected chi connectivity index (χ2v) is 6.75. The highest BCUT2D eigenvalue weighted by Crippen LogP contribution is 2.46. The van der Waals surface area contributed by atoms with Gasteiger partial charge in [-0.05, 0) is 12.5 Å². The van der Waals surface area contributed by atoms with Gasteiger partial charge in [0.25, 0.3) is 0 Å². The molecule has 3 rings (SSSR count). The first-order chi connectivity index (χ1) is 11.6. The van der Waals surface area contributed by atoms with E-state index in [1.165, 1.54) is 18.9 Å². The summed E-state index contributed by atoms with van der Waals surface area (Å²) in [6.45, 7) is 2.22. The molecule has 0 radical (unpaired) electrons. The summed E-state index contributed by atoms with van der Waals surface area (Å²) in [4.78, 5) is 14.3. The van der Waals surface area contributed by atoms with Gasteiger partial charge in [0.2, 0.25) is 0 Å². The number of rotatable bonds is 2. The number of ether oxygens (including phenoxy) is 1. The molecule has 0 aromatic heterocycles. The number of methoxy groups -OCH3 is 1. The number of nitrogens with zero attached hydrogens (tertiary/aromatic N) is 2. The van der Waals surface area contributed by atoms with Crippen molar-refractivity contribution >= 4 is 17.7 Å². The number of fused-ring (bicyclic) bond motifs is 1. The fourth-order valence-corrected chi connectivity index (χ4v) is 4.34. The predicted molar refractivity (Wildman–Crippen MR) is 91.7 cm³/mol. The van der Waals surface area contributed by atoms with Crippen molar-refractivity contribution in [2.45, 2.75) is 18.9 Å². The van der Waals surface area contributed by atoms with Crippen molar-refractivity contribution in [2.75, 3.05) is 19.4 Å². The minimum atomic E-state index is -0.499. The maximum atomic E-state index is 12.5. The van der Waals surface area contributed by atoms with Crippen molar-refractivity contribution in [3.63, 3.8) is 0 Å². The average Bonchev–Trinajstić information content (AvgIpc) is 2.62. The fraction of sp³-hybridized carbons (Fsp3) is 0.333. The number of esters is 1. The summed E-state index contributed by atoms with van der Waals surface area (Å²) in [5.41, 5.74) is 2.60. The molecular formula is C18H18N2O3S. The van der Waals surface area contributed by atoms with Crippen LogP contribution in [0.1, 0.15) is 18.4 Å². The monoisotopic (exact) mass is 342 g/mol. The lowest BCUT2D eigenvalue weighted by Gasteiger charge is -2.41. The van der Waals surface area contributed by atoms with E-state index in [1.807, 2.05) is 42.2 Å². The largest absolute Gasteiger partial charge is 0.466 e. The van der Waals surface area contributed by atoms with Gasteiger partial charge in [0.1, 0.15) is 0 Å². The van der Waals surface area contributed by atoms with Crippen molar-refractivity contribution in [3.05, 3.63) is 57.8 Å². The molecule has 2 aliphatic rings. The second kappa shape index (κ2) is 6.71. The van der Waals surface area contributed by atoms with Crippen molar-refractivity contribution in [2.24, 2.45) is 0 Å². The van der Waals surface area contributed by atoms with Gasteiger partial charge in [-0.15, -0.1) is 11.8 Å². The topological polar surface area (TPSA) is 73.6 Å². The van der Waals surface area contributed by atoms with Gasteiger partial charge in [0, 0.05) is 11.4 Å². The van der Waals surface area contributed by atoms with Crippen LogP contribution < -0.4 is 0 Å². The van der Waals surface area contributed by atoms with Crippen molar-refractivity contribution in [3.8, 4) is 6.07 Å². The lowest BCUT2D eigenvalue weighted by atomic mass is 9.82. The first kappa shape index (κ1) is 16.6. The van der Waals surface area contributed by atoms with Crippen LogP contribution in [0.15, 0.2) is 52.2 Å². The van der Waals surface area contributed by atoms with Gasteiger partial charge in [0.05, 0.1) is 47.9 Å². The number of benzene rings is 1. The zero-order valence-electron chi connectivity index (χ0n) is 13.5. The summed E-state index contributed by atoms with van der Waals surface area (Å²) < 4.78 is 4.99. The van der Waals surface area contributed by atoms with E-state index in [9.17, 15) is 15.2 Å². The molecule has 2 heterocycles. The van der Waals surface area contributed by atoms with E-state index in [4.69, 9.17) is 4.74 Å². The van der Waals surface area contributed by atoms with Crippen LogP contribution in [0, 0.1) is 11.3 Å². The Morgan fingerprint density at radius 2 is 2.12 bits per heavy atom. The Morgan fingerprint density at radius 3 is 2.75 bits per heavy atom. The Hall–Kier alpha value is -2.23. The quantitative estimate of drug-likeness (QED) is 0.832. The van der Waals surface area contributed by atoms with E-state index in [0.29, 0.717) is 23.4 Å². The standard InChI is InChI=1S/C18H18N2O3S/c1-11-15(18(22)23-2)16(12-6-4-3-5-7-12)14(8-19)17-20(11)9-13(21)10-24-17/h3-7,13,16,21H,9-10H2,1-2H3. The van der Waals surface area contributed by atoms with Crippen LogP contribution in [0.3, 0.4) is 0 Å². The molecule has 24 heavy (non-hydrogen) atoms. The normalized spacial score (nSPS) is 23.7. The van der Waals surface area contributed by atoms with Crippen LogP contribution in [0.5, 0.6) is 0 Å². The second-order valence-electron chi connectivity index (χ2n) is 5.74. The van der Waals surface area contributed by atoms with Crippen molar-refractivity contribution < 1.29 is 14.6 Å². The van der Waals surface area contributed by atoms with Gasteiger partial charge in [-0.3, -0.25) is 0 Å². The molecule has 0 spiro atoms. The van der Waals surface area contributed by atoms with Crippen LogP contribution in [0.2, 0.25) is 0 Å². The van der Waals surface area contributed by atoms with Gasteiger partial charge in [0.15, 0.2) is 0 Å². The number of aliphatic hydroxyl groups excluding tert-OH is 1. The van der Waals surface area contributed by atoms with E-state index in [0.717, 1.165) is 16.3 Å². The van der Waals surface area contributed by atoms with Crippen LogP contribution in [-0.4, -0.2) is 41.5 Å². The Bertz CT molecular complexity index is 764. The molecule has 124 valence electrons. The number of hydrogen-bond donors (Lipinski definition) is 1. The Balaban J connectivity index is 2.21. The van der Waals surface area contributed by atoms with E-state index < -0.39 is 18.0 Å². The highest BCUT2D eigenvalue weighted by atomic mass is 32.2. The van der Waals surface area contributed by atoms with E-state index in [-0.39, 0.29) is 0 Å². The number of thioether (sulfide) groups is 1. The number of carbonyl (C=O) groups is 1. The molecule has 1 fully saturated rings. The molecule has 6 heteroatoms. The lowest BCUT2D eigenvalue weighted by Crippen LogP contribution is -2.40. The third kappa shape index (κ3) is 2.70. The first-order valence-corrected chi connectivity index (χ1v) is 8.63. The van der Waals surface area contributed by atoms with E-state index >= 15 is 0 Å². The molecule has 1 aromatic carbocycles. The van der Waals surface area contributed by atoms with Crippen LogP contribution >= 0.6 is 11.8 Å². The highest BCUT2D eigenvalue weighted by Gasteiger charge is 2.40. The number of aliphatic hydroxyl groups is 1. The number of nitriles is 1. The van der Waals surface area contributed by atoms with Gasteiger partial charge in [-0.2, -0.15) is 5.26 Å². The average molecular weight is 342 g/mol. The number of hydrogen-bond acceptors (Lipinski definition) is 6. The van der Waals surface area contributed by atoms with E-state index in [2.05, 4.69) is 6.07 Å². The molecule has 1 saturated heterocycles. The van der Waals surface area contributed by atoms with Crippen LogP contribution in [0.25, 0.3) is 0 Å². The zero-order chi connectivity index (χ0) is 17.3. The summed E-state index contributed by atoms with van der Waals surface area (Å²) in [5, 5.41) is 20.6. The third-order valence-electron chi connectivity index (χ3n) is 4.31. The van der Waals surface area contributed by atoms with Gasteiger partial charge < -0.3 is 14.7 Å². The molecule has 2 unspecified atom stereocenters. The molecule has 0 amide bonds. The first-order valence-electron chi connectivity index (χ1n) is 7.65. The summed E-state index contributed by atoms with van der Waals surface area (Å²) in [6, 6.07) is 11.8. The highest BCUT2D eigenvalue weighted by molar-refractivity contribution is 8.03. The summed E-state index contributed by atoms with van der Waals surface area (Å²) in [5.74, 6) is -0.352. The molecule has 5 nitrogen and oxygen atoms in total. The zero-order valence-corrected chi connectivity index (χ0v) is 14.3. The van der Waals surface area contributed by atoms with Crippen molar-refractivity contribution in [1.82, 2.24) is 4.90 Å². The van der Waals surface area contributed by atoms with Crippen LogP contribution in [-0.2, 0) is 9.53 Å². The maximum Gasteiger partial charge on any atom is 0.336 e. The third-order valence-corrected chi connectivity index (χ3v) is 5.58. The smallest absolute Gasteiger partial charge is 0.336 e. The van der Waals surface area contributed by atoms with Gasteiger partial charge in [-0.1, -0.05) is 30.3 Å². The van der Waals surface area contributed by atoms with Gasteiger partial charge >= 0.3 is 5.97 Å². The molecule has 0 bridgehead atoms. The summed E-state index contributed by atoms with van der Waals surface area (Å²) >= 11 is 1.46. The fourth-order valence-electron chi connectivity index (χ4n) is 3.20. The minimum absolute atomic E-state index is 0.376. The van der Waals surface area contributed by atoms with Crippen molar-refractivity contribution in [1.29, 1.82) is 5.26 Å². The Labute approximate surface area is 145 Å². The number of carbonyl (C=O) groups excluding carboxylic acids is 1. The number of allylic oxidation sites excluding steroid dienone is 2. The lowest BCUT2D eigenvalue weighted by molar-refractivity contribution is -0.136. The molecular weight excluding hydrogens is 324 g/mol. The van der Waals surface area contributed by atoms with Gasteiger partial charge in [-0.25, -0.2) is 4.79 Å². The molecule has 0 saturated carbocycles. The van der Waals surface area contributed by atoms with Crippen LogP contribution in [0.4, 0.5) is 0 Å². The molecule has 2 atom stereocenters. The summed E-state index contributed by atoms with van der Waals surface area (Å²) in [7, 11) is 1.34. The Morgan fingerprint density at radius 1 is 1.42 bits per heavy atom. The Kier molecular flexibility index (Phi) is 4.65. The van der Waals surface area contributed by atoms with E-state index in [1.54, 1.807) is 0 Å². The maximum absolute atomic E-state index is 12.5.